The number of carbonyl (C=O) groups excluding carboxylic acids is 1. The number of hydrogen-bond acceptors (Lipinski definition) is 3. The summed E-state index contributed by atoms with van der Waals surface area (Å²) in [4.78, 5) is 11.1. The monoisotopic (exact) mass is 200 g/mol. The second-order valence-electron chi connectivity index (χ2n) is 2.86. The maximum absolute atomic E-state index is 11.1. The third-order valence-electron chi connectivity index (χ3n) is 1.59. The SMILES string of the molecule is C/C=C/CCC(=O)NCCOCNC. The molecule has 0 atom stereocenters. The Morgan fingerprint density at radius 1 is 1.50 bits per heavy atom. The van der Waals surface area contributed by atoms with Gasteiger partial charge in [-0.1, -0.05) is 12.2 Å². The van der Waals surface area contributed by atoms with Crippen LogP contribution in [0.4, 0.5) is 0 Å². The Kier molecular flexibility index (Phi) is 9.58. The van der Waals surface area contributed by atoms with Crippen molar-refractivity contribution in [1.82, 2.24) is 10.6 Å². The van der Waals surface area contributed by atoms with E-state index in [0.717, 1.165) is 6.42 Å². The lowest BCUT2D eigenvalue weighted by molar-refractivity contribution is -0.121. The van der Waals surface area contributed by atoms with E-state index >= 15 is 0 Å². The molecule has 0 spiro atoms. The van der Waals surface area contributed by atoms with Gasteiger partial charge in [0.15, 0.2) is 0 Å². The lowest BCUT2D eigenvalue weighted by atomic mass is 10.3. The van der Waals surface area contributed by atoms with Crippen LogP contribution in [0.1, 0.15) is 19.8 Å². The molecule has 0 aliphatic carbocycles. The Balaban J connectivity index is 3.18. The number of ether oxygens (including phenoxy) is 1. The van der Waals surface area contributed by atoms with E-state index < -0.39 is 0 Å². The molecule has 0 heterocycles. The molecule has 0 radical (unpaired) electrons. The fraction of sp³-hybridized carbons (Fsp3) is 0.700. The molecule has 0 saturated heterocycles. The van der Waals surface area contributed by atoms with Crippen molar-refractivity contribution in [3.05, 3.63) is 12.2 Å². The van der Waals surface area contributed by atoms with Crippen LogP contribution in [0.5, 0.6) is 0 Å². The van der Waals surface area contributed by atoms with Gasteiger partial charge in [0.25, 0.3) is 0 Å². The predicted molar refractivity (Wildman–Crippen MR) is 56.9 cm³/mol. The minimum Gasteiger partial charge on any atom is -0.364 e. The van der Waals surface area contributed by atoms with Gasteiger partial charge in [0.05, 0.1) is 13.3 Å². The molecule has 0 aliphatic rings. The number of allylic oxidation sites excluding steroid dienone is 2. The Hall–Kier alpha value is -0.870. The number of rotatable bonds is 8. The lowest BCUT2D eigenvalue weighted by Crippen LogP contribution is -2.27. The quantitative estimate of drug-likeness (QED) is 0.344. The summed E-state index contributed by atoms with van der Waals surface area (Å²) in [6.07, 6.45) is 5.29. The van der Waals surface area contributed by atoms with E-state index in [1.165, 1.54) is 0 Å². The molecular weight excluding hydrogens is 180 g/mol. The summed E-state index contributed by atoms with van der Waals surface area (Å²) in [6, 6.07) is 0. The molecular formula is C10H20N2O2. The first-order valence-electron chi connectivity index (χ1n) is 4.91. The van der Waals surface area contributed by atoms with Crippen LogP contribution in [0.3, 0.4) is 0 Å². The highest BCUT2D eigenvalue weighted by Gasteiger charge is 1.97. The van der Waals surface area contributed by atoms with E-state index in [0.29, 0.717) is 26.3 Å². The highest BCUT2D eigenvalue weighted by Crippen LogP contribution is 1.89. The predicted octanol–water partition coefficient (Wildman–Crippen LogP) is 0.652. The molecule has 0 aromatic carbocycles. The van der Waals surface area contributed by atoms with Crippen LogP contribution in [0.25, 0.3) is 0 Å². The van der Waals surface area contributed by atoms with Gasteiger partial charge in [-0.25, -0.2) is 0 Å². The van der Waals surface area contributed by atoms with Gasteiger partial charge in [-0.15, -0.1) is 0 Å². The number of amides is 1. The second-order valence-corrected chi connectivity index (χ2v) is 2.86. The third kappa shape index (κ3) is 9.22. The van der Waals surface area contributed by atoms with Crippen LogP contribution in [0, 0.1) is 0 Å². The maximum atomic E-state index is 11.1. The molecule has 0 saturated carbocycles. The summed E-state index contributed by atoms with van der Waals surface area (Å²) in [5.41, 5.74) is 0. The van der Waals surface area contributed by atoms with Crippen molar-refractivity contribution in [1.29, 1.82) is 0 Å². The number of nitrogens with one attached hydrogen (secondary N) is 2. The van der Waals surface area contributed by atoms with Crippen molar-refractivity contribution >= 4 is 5.91 Å². The van der Waals surface area contributed by atoms with Gasteiger partial charge in [0.2, 0.25) is 5.91 Å². The van der Waals surface area contributed by atoms with Gasteiger partial charge in [-0.2, -0.15) is 0 Å². The first-order valence-corrected chi connectivity index (χ1v) is 4.91. The maximum Gasteiger partial charge on any atom is 0.220 e. The summed E-state index contributed by atoms with van der Waals surface area (Å²) in [6.45, 7) is 3.60. The van der Waals surface area contributed by atoms with Crippen LogP contribution in [0.15, 0.2) is 12.2 Å². The number of hydrogen-bond donors (Lipinski definition) is 2. The first-order chi connectivity index (χ1) is 6.81. The Morgan fingerprint density at radius 3 is 2.93 bits per heavy atom. The topological polar surface area (TPSA) is 50.4 Å². The highest BCUT2D eigenvalue weighted by molar-refractivity contribution is 5.75. The average molecular weight is 200 g/mol. The van der Waals surface area contributed by atoms with Gasteiger partial charge in [0.1, 0.15) is 0 Å². The molecule has 0 aromatic heterocycles. The van der Waals surface area contributed by atoms with Crippen LogP contribution in [-0.4, -0.2) is 32.8 Å². The van der Waals surface area contributed by atoms with Gasteiger partial charge < -0.3 is 10.1 Å². The molecule has 0 bridgehead atoms. The molecule has 4 nitrogen and oxygen atoms in total. The standard InChI is InChI=1S/C10H20N2O2/c1-3-4-5-6-10(13)12-7-8-14-9-11-2/h3-4,11H,5-9H2,1-2H3,(H,12,13)/b4-3+. The summed E-state index contributed by atoms with van der Waals surface area (Å²) < 4.78 is 5.12. The lowest BCUT2D eigenvalue weighted by Gasteiger charge is -2.04. The zero-order valence-electron chi connectivity index (χ0n) is 9.01. The summed E-state index contributed by atoms with van der Waals surface area (Å²) >= 11 is 0. The van der Waals surface area contributed by atoms with Crippen molar-refractivity contribution < 1.29 is 9.53 Å². The number of carbonyl (C=O) groups is 1. The molecule has 0 unspecified atom stereocenters. The van der Waals surface area contributed by atoms with E-state index in [1.54, 1.807) is 0 Å². The van der Waals surface area contributed by atoms with Crippen molar-refractivity contribution in [2.75, 3.05) is 26.9 Å². The van der Waals surface area contributed by atoms with Crippen molar-refractivity contribution in [3.63, 3.8) is 0 Å². The van der Waals surface area contributed by atoms with E-state index in [2.05, 4.69) is 10.6 Å². The van der Waals surface area contributed by atoms with Crippen LogP contribution in [0.2, 0.25) is 0 Å². The Bertz CT molecular complexity index is 170. The molecule has 14 heavy (non-hydrogen) atoms. The zero-order chi connectivity index (χ0) is 10.6. The minimum absolute atomic E-state index is 0.0798. The highest BCUT2D eigenvalue weighted by atomic mass is 16.5. The van der Waals surface area contributed by atoms with Crippen molar-refractivity contribution in [3.8, 4) is 0 Å². The van der Waals surface area contributed by atoms with E-state index in [-0.39, 0.29) is 5.91 Å². The normalized spacial score (nSPS) is 10.7. The molecule has 4 heteroatoms. The van der Waals surface area contributed by atoms with Crippen molar-refractivity contribution in [2.45, 2.75) is 19.8 Å². The fourth-order valence-electron chi connectivity index (χ4n) is 0.906. The molecule has 0 aliphatic heterocycles. The molecule has 0 fully saturated rings. The second kappa shape index (κ2) is 10.2. The summed E-state index contributed by atoms with van der Waals surface area (Å²) in [5.74, 6) is 0.0798. The minimum atomic E-state index is 0.0798. The fourth-order valence-corrected chi connectivity index (χ4v) is 0.906. The summed E-state index contributed by atoms with van der Waals surface area (Å²) in [7, 11) is 1.82. The third-order valence-corrected chi connectivity index (χ3v) is 1.59. The Labute approximate surface area is 85.7 Å². The zero-order valence-corrected chi connectivity index (χ0v) is 9.01. The molecule has 0 aromatic rings. The average Bonchev–Trinajstić information content (AvgIpc) is 2.18. The molecule has 2 N–H and O–H groups in total. The smallest absolute Gasteiger partial charge is 0.220 e. The first kappa shape index (κ1) is 13.1. The Morgan fingerprint density at radius 2 is 2.29 bits per heavy atom. The van der Waals surface area contributed by atoms with Crippen LogP contribution in [-0.2, 0) is 9.53 Å². The van der Waals surface area contributed by atoms with Gasteiger partial charge in [0, 0.05) is 13.0 Å². The largest absolute Gasteiger partial charge is 0.364 e. The van der Waals surface area contributed by atoms with Gasteiger partial charge in [-0.05, 0) is 20.4 Å². The van der Waals surface area contributed by atoms with E-state index in [4.69, 9.17) is 4.74 Å². The van der Waals surface area contributed by atoms with Gasteiger partial charge in [-0.3, -0.25) is 10.1 Å². The van der Waals surface area contributed by atoms with Crippen molar-refractivity contribution in [2.24, 2.45) is 0 Å². The van der Waals surface area contributed by atoms with Crippen LogP contribution < -0.4 is 10.6 Å². The van der Waals surface area contributed by atoms with Gasteiger partial charge >= 0.3 is 0 Å². The molecule has 82 valence electrons. The molecule has 1 amide bonds. The van der Waals surface area contributed by atoms with E-state index in [9.17, 15) is 4.79 Å². The van der Waals surface area contributed by atoms with Crippen LogP contribution >= 0.6 is 0 Å². The summed E-state index contributed by atoms with van der Waals surface area (Å²) in [5, 5.41) is 5.63. The molecule has 0 rings (SSSR count). The van der Waals surface area contributed by atoms with E-state index in [1.807, 2.05) is 26.1 Å².